The molecule has 0 fully saturated rings. The van der Waals surface area contributed by atoms with E-state index in [9.17, 15) is 5.11 Å². The highest BCUT2D eigenvalue weighted by molar-refractivity contribution is 7.13. The third-order valence-electron chi connectivity index (χ3n) is 4.34. The van der Waals surface area contributed by atoms with Gasteiger partial charge in [0.05, 0.1) is 18.9 Å². The number of hydrogen-bond donors (Lipinski definition) is 2. The third kappa shape index (κ3) is 4.00. The normalized spacial score (nSPS) is 13.4. The minimum absolute atomic E-state index is 0.0688. The van der Waals surface area contributed by atoms with Crippen molar-refractivity contribution >= 4 is 16.5 Å². The Balaban J connectivity index is 2.00. The third-order valence-corrected chi connectivity index (χ3v) is 5.04. The van der Waals surface area contributed by atoms with Gasteiger partial charge in [-0.2, -0.15) is 0 Å². The summed E-state index contributed by atoms with van der Waals surface area (Å²) in [7, 11) is 1.66. The predicted molar refractivity (Wildman–Crippen MR) is 102 cm³/mol. The smallest absolute Gasteiger partial charge is 0.180 e. The van der Waals surface area contributed by atoms with Crippen LogP contribution in [0.3, 0.4) is 0 Å². The summed E-state index contributed by atoms with van der Waals surface area (Å²) in [6, 6.07) is 16.0. The number of anilines is 1. The zero-order valence-electron chi connectivity index (χ0n) is 14.3. The molecule has 0 aliphatic carbocycles. The van der Waals surface area contributed by atoms with Crippen LogP contribution < -0.4 is 10.5 Å². The maximum Gasteiger partial charge on any atom is 0.180 e. The van der Waals surface area contributed by atoms with E-state index in [0.29, 0.717) is 5.13 Å². The zero-order valence-corrected chi connectivity index (χ0v) is 15.2. The Hall–Kier alpha value is -2.37. The highest BCUT2D eigenvalue weighted by Gasteiger charge is 2.20. The van der Waals surface area contributed by atoms with Crippen LogP contribution >= 0.6 is 11.3 Å². The van der Waals surface area contributed by atoms with E-state index in [-0.39, 0.29) is 5.92 Å². The van der Waals surface area contributed by atoms with Gasteiger partial charge in [0.2, 0.25) is 0 Å². The van der Waals surface area contributed by atoms with Crippen molar-refractivity contribution in [3.63, 3.8) is 0 Å². The van der Waals surface area contributed by atoms with E-state index in [1.165, 1.54) is 11.3 Å². The lowest BCUT2D eigenvalue weighted by atomic mass is 9.87. The van der Waals surface area contributed by atoms with E-state index in [1.807, 2.05) is 35.7 Å². The molecular weight excluding hydrogens is 332 g/mol. The van der Waals surface area contributed by atoms with Gasteiger partial charge in [0, 0.05) is 11.3 Å². The van der Waals surface area contributed by atoms with Crippen LogP contribution in [0.5, 0.6) is 5.75 Å². The van der Waals surface area contributed by atoms with Crippen LogP contribution in [-0.4, -0.2) is 17.2 Å². The van der Waals surface area contributed by atoms with Gasteiger partial charge >= 0.3 is 0 Å². The molecule has 0 bridgehead atoms. The standard InChI is InChI=1S/C20H22N2O2S/c1-13(23)17-6-4-3-5-15(17)11-18(19-12-25-20(21)22-19)14-7-9-16(24-2)10-8-14/h3-10,12-13,18,23H,11H2,1-2H3,(H2,21,22). The Morgan fingerprint density at radius 3 is 2.48 bits per heavy atom. The number of rotatable bonds is 6. The molecule has 2 atom stereocenters. The van der Waals surface area contributed by atoms with Gasteiger partial charge in [-0.05, 0) is 42.2 Å². The van der Waals surface area contributed by atoms with E-state index in [4.69, 9.17) is 10.5 Å². The quantitative estimate of drug-likeness (QED) is 0.697. The van der Waals surface area contributed by atoms with Crippen molar-refractivity contribution in [2.24, 2.45) is 0 Å². The minimum Gasteiger partial charge on any atom is -0.497 e. The van der Waals surface area contributed by atoms with Crippen LogP contribution in [0.15, 0.2) is 53.9 Å². The molecular formula is C20H22N2O2S. The molecule has 1 aromatic heterocycles. The molecule has 0 spiro atoms. The lowest BCUT2D eigenvalue weighted by Crippen LogP contribution is -2.09. The molecule has 5 heteroatoms. The molecule has 4 nitrogen and oxygen atoms in total. The fourth-order valence-electron chi connectivity index (χ4n) is 3.04. The van der Waals surface area contributed by atoms with Crippen molar-refractivity contribution in [1.82, 2.24) is 4.98 Å². The van der Waals surface area contributed by atoms with Gasteiger partial charge in [-0.1, -0.05) is 36.4 Å². The van der Waals surface area contributed by atoms with Crippen molar-refractivity contribution in [2.45, 2.75) is 25.4 Å². The van der Waals surface area contributed by atoms with Gasteiger partial charge in [0.15, 0.2) is 5.13 Å². The Morgan fingerprint density at radius 2 is 1.88 bits per heavy atom. The van der Waals surface area contributed by atoms with Crippen LogP contribution in [0.25, 0.3) is 0 Å². The second-order valence-corrected chi connectivity index (χ2v) is 6.90. The van der Waals surface area contributed by atoms with Gasteiger partial charge < -0.3 is 15.6 Å². The Morgan fingerprint density at radius 1 is 1.16 bits per heavy atom. The monoisotopic (exact) mass is 354 g/mol. The SMILES string of the molecule is COc1ccc(C(Cc2ccccc2C(C)O)c2csc(N)n2)cc1. The first-order valence-electron chi connectivity index (χ1n) is 8.19. The van der Waals surface area contributed by atoms with E-state index < -0.39 is 6.10 Å². The zero-order chi connectivity index (χ0) is 17.8. The first kappa shape index (κ1) is 17.5. The van der Waals surface area contributed by atoms with Crippen molar-refractivity contribution in [2.75, 3.05) is 12.8 Å². The summed E-state index contributed by atoms with van der Waals surface area (Å²) in [6.07, 6.45) is 0.240. The van der Waals surface area contributed by atoms with E-state index in [1.54, 1.807) is 14.0 Å². The van der Waals surface area contributed by atoms with Crippen molar-refractivity contribution in [3.8, 4) is 5.75 Å². The summed E-state index contributed by atoms with van der Waals surface area (Å²) in [4.78, 5) is 4.50. The second kappa shape index (κ2) is 7.68. The summed E-state index contributed by atoms with van der Waals surface area (Å²) in [6.45, 7) is 1.79. The first-order valence-corrected chi connectivity index (χ1v) is 9.07. The molecule has 0 radical (unpaired) electrons. The van der Waals surface area contributed by atoms with Crippen LogP contribution in [0.4, 0.5) is 5.13 Å². The molecule has 3 rings (SSSR count). The van der Waals surface area contributed by atoms with Gasteiger partial charge in [0.25, 0.3) is 0 Å². The van der Waals surface area contributed by atoms with Gasteiger partial charge in [0.1, 0.15) is 5.75 Å². The fourth-order valence-corrected chi connectivity index (χ4v) is 3.65. The summed E-state index contributed by atoms with van der Waals surface area (Å²) < 4.78 is 5.26. The summed E-state index contributed by atoms with van der Waals surface area (Å²) >= 11 is 1.45. The highest BCUT2D eigenvalue weighted by Crippen LogP contribution is 2.33. The largest absolute Gasteiger partial charge is 0.497 e. The lowest BCUT2D eigenvalue weighted by Gasteiger charge is -2.19. The molecule has 0 aliphatic rings. The summed E-state index contributed by atoms with van der Waals surface area (Å²) in [5, 5.41) is 12.7. The summed E-state index contributed by atoms with van der Waals surface area (Å²) in [5.41, 5.74) is 10.0. The number of thiazole rings is 1. The maximum atomic E-state index is 10.1. The number of nitrogen functional groups attached to an aromatic ring is 1. The molecule has 3 N–H and O–H groups in total. The van der Waals surface area contributed by atoms with Crippen LogP contribution in [-0.2, 0) is 6.42 Å². The Kier molecular flexibility index (Phi) is 5.36. The topological polar surface area (TPSA) is 68.4 Å². The molecule has 0 amide bonds. The number of ether oxygens (including phenoxy) is 1. The van der Waals surface area contributed by atoms with Crippen molar-refractivity contribution in [1.29, 1.82) is 0 Å². The number of aliphatic hydroxyl groups excluding tert-OH is 1. The van der Waals surface area contributed by atoms with E-state index in [0.717, 1.165) is 34.6 Å². The van der Waals surface area contributed by atoms with E-state index >= 15 is 0 Å². The number of hydrogen-bond acceptors (Lipinski definition) is 5. The molecule has 130 valence electrons. The molecule has 3 aromatic rings. The lowest BCUT2D eigenvalue weighted by molar-refractivity contribution is 0.198. The van der Waals surface area contributed by atoms with Crippen LogP contribution in [0.2, 0.25) is 0 Å². The predicted octanol–water partition coefficient (Wildman–Crippen LogP) is 4.16. The molecule has 2 unspecified atom stereocenters. The number of nitrogens with two attached hydrogens (primary N) is 1. The molecule has 2 aromatic carbocycles. The van der Waals surface area contributed by atoms with Crippen LogP contribution in [0, 0.1) is 0 Å². The van der Waals surface area contributed by atoms with Gasteiger partial charge in [-0.3, -0.25) is 0 Å². The van der Waals surface area contributed by atoms with Crippen LogP contribution in [0.1, 0.15) is 41.3 Å². The second-order valence-electron chi connectivity index (χ2n) is 6.02. The number of nitrogens with zero attached hydrogens (tertiary/aromatic N) is 1. The van der Waals surface area contributed by atoms with Gasteiger partial charge in [-0.25, -0.2) is 4.98 Å². The van der Waals surface area contributed by atoms with E-state index in [2.05, 4.69) is 23.2 Å². The molecule has 25 heavy (non-hydrogen) atoms. The Bertz CT molecular complexity index is 828. The first-order chi connectivity index (χ1) is 12.1. The van der Waals surface area contributed by atoms with Crippen molar-refractivity contribution in [3.05, 3.63) is 76.3 Å². The molecule has 0 saturated carbocycles. The number of aliphatic hydroxyl groups is 1. The average molecular weight is 354 g/mol. The fraction of sp³-hybridized carbons (Fsp3) is 0.250. The molecule has 1 heterocycles. The van der Waals surface area contributed by atoms with Crippen molar-refractivity contribution < 1.29 is 9.84 Å². The number of benzene rings is 2. The minimum atomic E-state index is -0.506. The maximum absolute atomic E-state index is 10.1. The average Bonchev–Trinajstić information content (AvgIpc) is 3.06. The molecule has 0 saturated heterocycles. The van der Waals surface area contributed by atoms with Gasteiger partial charge in [-0.15, -0.1) is 11.3 Å². The number of methoxy groups -OCH3 is 1. The molecule has 0 aliphatic heterocycles. The number of aromatic nitrogens is 1. The highest BCUT2D eigenvalue weighted by atomic mass is 32.1. The summed E-state index contributed by atoms with van der Waals surface area (Å²) in [5.74, 6) is 0.893. The Labute approximate surface area is 151 Å².